The Morgan fingerprint density at radius 3 is 2.50 bits per heavy atom. The summed E-state index contributed by atoms with van der Waals surface area (Å²) >= 11 is 0. The van der Waals surface area contributed by atoms with E-state index in [1.165, 1.54) is 41.7 Å². The molecule has 5 atom stereocenters. The van der Waals surface area contributed by atoms with Gasteiger partial charge in [-0.15, -0.1) is 6.42 Å². The zero-order valence-corrected chi connectivity index (χ0v) is 21.9. The number of rotatable bonds is 3. The van der Waals surface area contributed by atoms with E-state index in [-0.39, 0.29) is 22.9 Å². The lowest BCUT2D eigenvalue weighted by Crippen LogP contribution is -2.50. The highest BCUT2D eigenvalue weighted by Crippen LogP contribution is 2.69. The summed E-state index contributed by atoms with van der Waals surface area (Å²) in [6.45, 7) is 6.34. The minimum Gasteiger partial charge on any atom is -0.372 e. The molecule has 0 radical (unpaired) electrons. The molecule has 1 saturated heterocycles. The Balaban J connectivity index is 1.46. The van der Waals surface area contributed by atoms with Crippen LogP contribution in [0.15, 0.2) is 47.1 Å². The van der Waals surface area contributed by atoms with Crippen LogP contribution in [0.2, 0.25) is 0 Å². The Morgan fingerprint density at radius 1 is 1.06 bits per heavy atom. The fourth-order valence-corrected chi connectivity index (χ4v) is 8.97. The summed E-state index contributed by atoms with van der Waals surface area (Å²) < 4.78 is 0. The molecule has 6 rings (SSSR count). The molecular weight excluding hydrogens is 442 g/mol. The SMILES string of the molecule is C#C[C@]1(C(C)=O)CC[C@H]2[C@@H]3CCC4=CC(=O)CCC4=C3C(c3ccc(N4CCCCC4)cc3)C[C@@]21C. The molecule has 188 valence electrons. The number of anilines is 1. The smallest absolute Gasteiger partial charge is 0.156 e. The quantitative estimate of drug-likeness (QED) is 0.446. The number of hydrogen-bond donors (Lipinski definition) is 0. The Bertz CT molecular complexity index is 1190. The van der Waals surface area contributed by atoms with Gasteiger partial charge < -0.3 is 4.90 Å². The maximum absolute atomic E-state index is 13.1. The molecule has 4 aliphatic carbocycles. The van der Waals surface area contributed by atoms with E-state index in [9.17, 15) is 9.59 Å². The molecule has 1 unspecified atom stereocenters. The summed E-state index contributed by atoms with van der Waals surface area (Å²) in [5.41, 5.74) is 6.11. The van der Waals surface area contributed by atoms with Crippen molar-refractivity contribution in [3.63, 3.8) is 0 Å². The molecule has 1 aromatic rings. The number of terminal acetylenes is 1. The van der Waals surface area contributed by atoms with Crippen molar-refractivity contribution in [3.05, 3.63) is 52.6 Å². The van der Waals surface area contributed by atoms with Gasteiger partial charge in [-0.3, -0.25) is 9.59 Å². The zero-order valence-electron chi connectivity index (χ0n) is 21.9. The van der Waals surface area contributed by atoms with E-state index in [0.29, 0.717) is 18.3 Å². The predicted molar refractivity (Wildman–Crippen MR) is 145 cm³/mol. The standard InChI is InChI=1S/C33H39NO2/c1-4-33(22(2)35)17-16-30-28-14-10-24-20-26(36)13-15-27(24)31(28)29(21-32(30,33)3)23-8-11-25(12-9-23)34-18-6-5-7-19-34/h1,8-9,11-12,20,28-30H,5-7,10,13-19,21H2,2-3H3/t28-,29?,30-,32-,33+/m0/s1. The van der Waals surface area contributed by atoms with Crippen molar-refractivity contribution in [2.75, 3.05) is 18.0 Å². The van der Waals surface area contributed by atoms with Gasteiger partial charge in [0.1, 0.15) is 5.78 Å². The van der Waals surface area contributed by atoms with Gasteiger partial charge in [-0.25, -0.2) is 0 Å². The summed E-state index contributed by atoms with van der Waals surface area (Å²) in [6, 6.07) is 9.31. The van der Waals surface area contributed by atoms with Crippen molar-refractivity contribution < 1.29 is 9.59 Å². The monoisotopic (exact) mass is 481 g/mol. The second-order valence-corrected chi connectivity index (χ2v) is 12.3. The fourth-order valence-electron chi connectivity index (χ4n) is 8.97. The Labute approximate surface area is 216 Å². The number of piperidine rings is 1. The molecule has 3 nitrogen and oxygen atoms in total. The van der Waals surface area contributed by atoms with E-state index in [1.807, 2.05) is 6.08 Å². The number of carbonyl (C=O) groups is 2. The number of fused-ring (bicyclic) bond motifs is 4. The van der Waals surface area contributed by atoms with E-state index in [1.54, 1.807) is 12.5 Å². The molecule has 0 spiro atoms. The number of allylic oxidation sites excluding steroid dienone is 4. The molecule has 0 N–H and O–H groups in total. The van der Waals surface area contributed by atoms with Crippen LogP contribution in [0, 0.1) is 35.0 Å². The third kappa shape index (κ3) is 3.40. The third-order valence-electron chi connectivity index (χ3n) is 10.8. The first-order valence-corrected chi connectivity index (χ1v) is 14.2. The molecule has 0 amide bonds. The van der Waals surface area contributed by atoms with E-state index in [0.717, 1.165) is 51.6 Å². The highest BCUT2D eigenvalue weighted by molar-refractivity contribution is 5.93. The van der Waals surface area contributed by atoms with Crippen molar-refractivity contribution >= 4 is 17.3 Å². The zero-order chi connectivity index (χ0) is 25.1. The first-order chi connectivity index (χ1) is 17.4. The fraction of sp³-hybridized carbons (Fsp3) is 0.576. The van der Waals surface area contributed by atoms with Crippen LogP contribution in [0.3, 0.4) is 0 Å². The van der Waals surface area contributed by atoms with Gasteiger partial charge in [-0.2, -0.15) is 0 Å². The van der Waals surface area contributed by atoms with Gasteiger partial charge in [0.15, 0.2) is 5.78 Å². The van der Waals surface area contributed by atoms with Gasteiger partial charge in [0.2, 0.25) is 0 Å². The third-order valence-corrected chi connectivity index (χ3v) is 10.8. The van der Waals surface area contributed by atoms with Gasteiger partial charge in [0, 0.05) is 31.1 Å². The van der Waals surface area contributed by atoms with E-state index >= 15 is 0 Å². The van der Waals surface area contributed by atoms with Gasteiger partial charge in [-0.1, -0.05) is 30.6 Å². The first kappa shape index (κ1) is 23.8. The van der Waals surface area contributed by atoms with Crippen LogP contribution in [0.25, 0.3) is 0 Å². The summed E-state index contributed by atoms with van der Waals surface area (Å²) in [6.07, 6.45) is 18.3. The predicted octanol–water partition coefficient (Wildman–Crippen LogP) is 6.79. The number of benzene rings is 1. The number of nitrogens with zero attached hydrogens (tertiary/aromatic N) is 1. The van der Waals surface area contributed by atoms with Crippen LogP contribution in [0.5, 0.6) is 0 Å². The van der Waals surface area contributed by atoms with Crippen LogP contribution in [0.4, 0.5) is 5.69 Å². The summed E-state index contributed by atoms with van der Waals surface area (Å²) in [7, 11) is 0. The van der Waals surface area contributed by atoms with Gasteiger partial charge in [0.25, 0.3) is 0 Å². The second kappa shape index (κ2) is 8.76. The number of hydrogen-bond acceptors (Lipinski definition) is 3. The minimum absolute atomic E-state index is 0.171. The van der Waals surface area contributed by atoms with Gasteiger partial charge in [0.05, 0.1) is 5.41 Å². The largest absolute Gasteiger partial charge is 0.372 e. The van der Waals surface area contributed by atoms with Crippen molar-refractivity contribution in [1.82, 2.24) is 0 Å². The average Bonchev–Trinajstić information content (AvgIpc) is 3.21. The van der Waals surface area contributed by atoms with E-state index < -0.39 is 5.41 Å². The maximum Gasteiger partial charge on any atom is 0.156 e. The van der Waals surface area contributed by atoms with Gasteiger partial charge in [-0.05, 0) is 117 Å². The van der Waals surface area contributed by atoms with Crippen molar-refractivity contribution in [1.29, 1.82) is 0 Å². The van der Waals surface area contributed by atoms with Gasteiger partial charge >= 0.3 is 0 Å². The lowest BCUT2D eigenvalue weighted by molar-refractivity contribution is -0.130. The molecule has 3 fully saturated rings. The van der Waals surface area contributed by atoms with Crippen molar-refractivity contribution in [3.8, 4) is 12.3 Å². The molecule has 3 heteroatoms. The van der Waals surface area contributed by atoms with Crippen LogP contribution in [-0.2, 0) is 9.59 Å². The Kier molecular flexibility index (Phi) is 5.78. The van der Waals surface area contributed by atoms with Crippen LogP contribution in [-0.4, -0.2) is 24.7 Å². The van der Waals surface area contributed by atoms with Crippen LogP contribution >= 0.6 is 0 Å². The molecule has 0 bridgehead atoms. The summed E-state index contributed by atoms with van der Waals surface area (Å²) in [5, 5.41) is 0. The van der Waals surface area contributed by atoms with Crippen LogP contribution in [0.1, 0.15) is 89.5 Å². The lowest BCUT2D eigenvalue weighted by Gasteiger charge is -2.54. The maximum atomic E-state index is 13.1. The Hall–Kier alpha value is -2.60. The number of Topliss-reactive ketones (excluding diaryl/α,β-unsaturated/α-hetero) is 1. The molecule has 0 aromatic heterocycles. The first-order valence-electron chi connectivity index (χ1n) is 14.2. The van der Waals surface area contributed by atoms with Crippen molar-refractivity contribution in [2.45, 2.75) is 84.0 Å². The lowest BCUT2D eigenvalue weighted by atomic mass is 9.48. The molecule has 1 heterocycles. The molecule has 5 aliphatic rings. The molecule has 1 aliphatic heterocycles. The van der Waals surface area contributed by atoms with E-state index in [2.05, 4.69) is 42.0 Å². The highest BCUT2D eigenvalue weighted by Gasteiger charge is 2.64. The second-order valence-electron chi connectivity index (χ2n) is 12.3. The topological polar surface area (TPSA) is 37.4 Å². The highest BCUT2D eigenvalue weighted by atomic mass is 16.1. The summed E-state index contributed by atoms with van der Waals surface area (Å²) in [4.78, 5) is 27.9. The molecule has 1 aromatic carbocycles. The molecular formula is C33H39NO2. The van der Waals surface area contributed by atoms with Crippen LogP contribution < -0.4 is 4.90 Å². The molecule has 36 heavy (non-hydrogen) atoms. The normalized spacial score (nSPS) is 35.9. The average molecular weight is 482 g/mol. The van der Waals surface area contributed by atoms with Crippen molar-refractivity contribution in [2.24, 2.45) is 22.7 Å². The molecule has 2 saturated carbocycles. The van der Waals surface area contributed by atoms with E-state index in [4.69, 9.17) is 6.42 Å². The number of ketones is 2. The summed E-state index contributed by atoms with van der Waals surface area (Å²) in [5.74, 6) is 4.66. The minimum atomic E-state index is -0.668. The Morgan fingerprint density at radius 2 is 1.81 bits per heavy atom. The number of carbonyl (C=O) groups excluding carboxylic acids is 2.